The fourth-order valence-corrected chi connectivity index (χ4v) is 2.97. The van der Waals surface area contributed by atoms with Crippen molar-refractivity contribution in [1.82, 2.24) is 5.16 Å². The summed E-state index contributed by atoms with van der Waals surface area (Å²) in [7, 11) is 0. The summed E-state index contributed by atoms with van der Waals surface area (Å²) in [5, 5.41) is 6.42. The molecule has 1 aliphatic rings. The summed E-state index contributed by atoms with van der Waals surface area (Å²) < 4.78 is 43.6. The van der Waals surface area contributed by atoms with Crippen LogP contribution in [0.3, 0.4) is 0 Å². The number of carbonyl (C=O) groups excluding carboxylic acids is 1. The van der Waals surface area contributed by atoms with Gasteiger partial charge in [-0.3, -0.25) is 4.79 Å². The van der Waals surface area contributed by atoms with Crippen molar-refractivity contribution in [3.63, 3.8) is 0 Å². The number of aryl methyl sites for hydroxylation is 2. The Morgan fingerprint density at radius 3 is 2.57 bits per heavy atom. The summed E-state index contributed by atoms with van der Waals surface area (Å²) in [6, 6.07) is 3.35. The number of fused-ring (bicyclic) bond motifs is 1. The molecule has 1 amide bonds. The van der Waals surface area contributed by atoms with Crippen LogP contribution in [-0.2, 0) is 22.8 Å². The minimum Gasteiger partial charge on any atom is -0.361 e. The molecule has 2 aromatic rings. The first-order valence-electron chi connectivity index (χ1n) is 7.08. The van der Waals surface area contributed by atoms with Crippen molar-refractivity contribution < 1.29 is 22.5 Å². The van der Waals surface area contributed by atoms with Crippen LogP contribution in [0.25, 0.3) is 0 Å². The van der Waals surface area contributed by atoms with E-state index < -0.39 is 17.2 Å². The lowest BCUT2D eigenvalue weighted by atomic mass is 9.77. The number of nitrogens with zero attached hydrogens (tertiary/aromatic N) is 1. The highest BCUT2D eigenvalue weighted by Crippen LogP contribution is 2.43. The topological polar surface area (TPSA) is 55.1 Å². The minimum absolute atomic E-state index is 0.207. The van der Waals surface area contributed by atoms with Crippen LogP contribution in [0.4, 0.5) is 18.9 Å². The van der Waals surface area contributed by atoms with E-state index in [2.05, 4.69) is 10.5 Å². The number of carbonyl (C=O) groups is 1. The van der Waals surface area contributed by atoms with Crippen LogP contribution in [0.2, 0.25) is 0 Å². The van der Waals surface area contributed by atoms with Gasteiger partial charge in [-0.15, -0.1) is 0 Å². The molecular formula is C16H15F3N2O2. The summed E-state index contributed by atoms with van der Waals surface area (Å²) in [5.41, 5.74) is 0.501. The number of hydrogen-bond acceptors (Lipinski definition) is 3. The number of amides is 1. The quantitative estimate of drug-likeness (QED) is 0.915. The number of rotatable bonds is 2. The van der Waals surface area contributed by atoms with E-state index in [1.54, 1.807) is 20.8 Å². The Kier molecular flexibility index (Phi) is 3.28. The fourth-order valence-electron chi connectivity index (χ4n) is 2.97. The molecule has 23 heavy (non-hydrogen) atoms. The van der Waals surface area contributed by atoms with Gasteiger partial charge in [0.1, 0.15) is 5.76 Å². The van der Waals surface area contributed by atoms with Gasteiger partial charge in [-0.05, 0) is 44.9 Å². The lowest BCUT2D eigenvalue weighted by molar-refractivity contribution is -0.137. The molecule has 1 unspecified atom stereocenters. The van der Waals surface area contributed by atoms with Gasteiger partial charge in [0.25, 0.3) is 0 Å². The number of nitrogens with one attached hydrogen (secondary N) is 1. The zero-order valence-electron chi connectivity index (χ0n) is 12.8. The molecule has 1 aliphatic heterocycles. The number of hydrogen-bond donors (Lipinski definition) is 1. The highest BCUT2D eigenvalue weighted by atomic mass is 19.4. The first kappa shape index (κ1) is 15.6. The highest BCUT2D eigenvalue weighted by molar-refractivity contribution is 6.06. The fraction of sp³-hybridized carbons (Fsp3) is 0.375. The van der Waals surface area contributed by atoms with Crippen molar-refractivity contribution in [3.05, 3.63) is 46.3 Å². The Labute approximate surface area is 130 Å². The van der Waals surface area contributed by atoms with Crippen molar-refractivity contribution in [1.29, 1.82) is 0 Å². The Balaban J connectivity index is 2.04. The Bertz CT molecular complexity index is 776. The van der Waals surface area contributed by atoms with Gasteiger partial charge in [-0.25, -0.2) is 0 Å². The lowest BCUT2D eigenvalue weighted by Gasteiger charge is -2.22. The molecule has 1 atom stereocenters. The minimum atomic E-state index is -4.44. The van der Waals surface area contributed by atoms with E-state index >= 15 is 0 Å². The number of benzene rings is 1. The summed E-state index contributed by atoms with van der Waals surface area (Å²) >= 11 is 0. The largest absolute Gasteiger partial charge is 0.416 e. The van der Waals surface area contributed by atoms with E-state index in [9.17, 15) is 18.0 Å². The van der Waals surface area contributed by atoms with Gasteiger partial charge in [-0.2, -0.15) is 13.2 Å². The molecule has 0 saturated heterocycles. The summed E-state index contributed by atoms with van der Waals surface area (Å²) in [6.07, 6.45) is -4.13. The van der Waals surface area contributed by atoms with Crippen LogP contribution >= 0.6 is 0 Å². The first-order chi connectivity index (χ1) is 10.6. The molecule has 1 aromatic heterocycles. The zero-order chi connectivity index (χ0) is 17.0. The molecule has 1 aromatic carbocycles. The van der Waals surface area contributed by atoms with Gasteiger partial charge in [0.15, 0.2) is 0 Å². The standard InChI is InChI=1S/C16H15F3N2O2/c1-8-11(9(2)23-21-8)7-15(3)12-5-4-10(16(17,18)19)6-13(12)20-14(15)22/h4-6H,7H2,1-3H3,(H,20,22). The Morgan fingerprint density at radius 1 is 1.30 bits per heavy atom. The number of halogens is 3. The maximum atomic E-state index is 12.8. The third-order valence-electron chi connectivity index (χ3n) is 4.40. The number of anilines is 1. The third kappa shape index (κ3) is 2.40. The molecular weight excluding hydrogens is 309 g/mol. The maximum Gasteiger partial charge on any atom is 0.416 e. The normalized spacial score (nSPS) is 20.5. The third-order valence-corrected chi connectivity index (χ3v) is 4.40. The molecule has 0 aliphatic carbocycles. The monoisotopic (exact) mass is 324 g/mol. The Hall–Kier alpha value is -2.31. The molecule has 3 rings (SSSR count). The molecule has 1 N–H and O–H groups in total. The molecule has 2 heterocycles. The van der Waals surface area contributed by atoms with Crippen LogP contribution in [0.15, 0.2) is 22.7 Å². The van der Waals surface area contributed by atoms with Gasteiger partial charge in [0.05, 0.1) is 16.7 Å². The van der Waals surface area contributed by atoms with Crippen LogP contribution in [0, 0.1) is 13.8 Å². The van der Waals surface area contributed by atoms with Crippen molar-refractivity contribution in [3.8, 4) is 0 Å². The van der Waals surface area contributed by atoms with E-state index in [1.165, 1.54) is 6.07 Å². The average molecular weight is 324 g/mol. The SMILES string of the molecule is Cc1noc(C)c1CC1(C)C(=O)Nc2cc(C(F)(F)F)ccc21. The van der Waals surface area contributed by atoms with Crippen LogP contribution < -0.4 is 5.32 Å². The van der Waals surface area contributed by atoms with E-state index in [0.717, 1.165) is 17.7 Å². The lowest BCUT2D eigenvalue weighted by Crippen LogP contribution is -2.33. The Morgan fingerprint density at radius 2 is 2.00 bits per heavy atom. The summed E-state index contributed by atoms with van der Waals surface area (Å²) in [4.78, 5) is 12.4. The van der Waals surface area contributed by atoms with Crippen LogP contribution in [0.5, 0.6) is 0 Å². The smallest absolute Gasteiger partial charge is 0.361 e. The molecule has 4 nitrogen and oxygen atoms in total. The second-order valence-electron chi connectivity index (χ2n) is 6.02. The average Bonchev–Trinajstić information content (AvgIpc) is 2.90. The van der Waals surface area contributed by atoms with Crippen LogP contribution in [-0.4, -0.2) is 11.1 Å². The van der Waals surface area contributed by atoms with Crippen molar-refractivity contribution in [2.45, 2.75) is 38.8 Å². The molecule has 122 valence electrons. The molecule has 0 spiro atoms. The van der Waals surface area contributed by atoms with Gasteiger partial charge in [0, 0.05) is 11.3 Å². The predicted molar refractivity (Wildman–Crippen MR) is 77.1 cm³/mol. The van der Waals surface area contributed by atoms with E-state index in [1.807, 2.05) is 0 Å². The van der Waals surface area contributed by atoms with Crippen molar-refractivity contribution >= 4 is 11.6 Å². The molecule has 0 saturated carbocycles. The first-order valence-corrected chi connectivity index (χ1v) is 7.08. The van der Waals surface area contributed by atoms with Crippen molar-refractivity contribution in [2.24, 2.45) is 0 Å². The van der Waals surface area contributed by atoms with E-state index in [-0.39, 0.29) is 11.6 Å². The predicted octanol–water partition coefficient (Wildman–Crippen LogP) is 3.76. The number of aromatic nitrogens is 1. The van der Waals surface area contributed by atoms with E-state index in [0.29, 0.717) is 23.4 Å². The molecule has 0 fully saturated rings. The molecule has 0 bridgehead atoms. The second-order valence-corrected chi connectivity index (χ2v) is 6.02. The van der Waals surface area contributed by atoms with Gasteiger partial charge >= 0.3 is 6.18 Å². The van der Waals surface area contributed by atoms with Gasteiger partial charge in [0.2, 0.25) is 5.91 Å². The summed E-state index contributed by atoms with van der Waals surface area (Å²) in [6.45, 7) is 5.24. The van der Waals surface area contributed by atoms with E-state index in [4.69, 9.17) is 4.52 Å². The second kappa shape index (κ2) is 4.84. The maximum absolute atomic E-state index is 12.8. The highest BCUT2D eigenvalue weighted by Gasteiger charge is 2.45. The zero-order valence-corrected chi connectivity index (χ0v) is 12.8. The number of alkyl halides is 3. The van der Waals surface area contributed by atoms with Gasteiger partial charge in [-0.1, -0.05) is 11.2 Å². The van der Waals surface area contributed by atoms with Gasteiger partial charge < -0.3 is 9.84 Å². The molecule has 7 heteroatoms. The van der Waals surface area contributed by atoms with Crippen molar-refractivity contribution in [2.75, 3.05) is 5.32 Å². The summed E-state index contributed by atoms with van der Waals surface area (Å²) in [5.74, 6) is 0.281. The van der Waals surface area contributed by atoms with Crippen LogP contribution in [0.1, 0.15) is 35.1 Å². The molecule has 0 radical (unpaired) electrons.